The fourth-order valence-corrected chi connectivity index (χ4v) is 4.67. The van der Waals surface area contributed by atoms with Crippen molar-refractivity contribution in [2.24, 2.45) is 0 Å². The van der Waals surface area contributed by atoms with E-state index in [9.17, 15) is 4.79 Å². The van der Waals surface area contributed by atoms with Crippen LogP contribution in [0.4, 0.5) is 11.6 Å². The first kappa shape index (κ1) is 20.3. The first-order valence-electron chi connectivity index (χ1n) is 10.9. The van der Waals surface area contributed by atoms with E-state index in [2.05, 4.69) is 18.7 Å². The molecule has 0 saturated heterocycles. The Morgan fingerprint density at radius 1 is 1.00 bits per heavy atom. The summed E-state index contributed by atoms with van der Waals surface area (Å²) in [6.45, 7) is 7.61. The van der Waals surface area contributed by atoms with Crippen molar-refractivity contribution in [3.8, 4) is 11.6 Å². The van der Waals surface area contributed by atoms with E-state index in [4.69, 9.17) is 19.4 Å². The van der Waals surface area contributed by atoms with Crippen molar-refractivity contribution in [2.45, 2.75) is 26.4 Å². The fraction of sp³-hybridized carbons (Fsp3) is 0.320. The lowest BCUT2D eigenvalue weighted by Gasteiger charge is -2.37. The summed E-state index contributed by atoms with van der Waals surface area (Å²) in [5, 5.41) is 0. The number of anilines is 2. The average molecular weight is 431 g/mol. The number of rotatable bonds is 4. The van der Waals surface area contributed by atoms with E-state index in [0.29, 0.717) is 28.7 Å². The zero-order valence-corrected chi connectivity index (χ0v) is 19.0. The van der Waals surface area contributed by atoms with Crippen LogP contribution in [0.1, 0.15) is 46.6 Å². The molecule has 7 nitrogen and oxygen atoms in total. The van der Waals surface area contributed by atoms with Gasteiger partial charge in [0.2, 0.25) is 11.8 Å². The molecule has 5 rings (SSSR count). The zero-order chi connectivity index (χ0) is 22.6. The number of carbonyl (C=O) groups is 1. The Balaban J connectivity index is 1.83. The topological polar surface area (TPSA) is 67.8 Å². The molecule has 0 saturated carbocycles. The van der Waals surface area contributed by atoms with Gasteiger partial charge in [0.15, 0.2) is 5.60 Å². The van der Waals surface area contributed by atoms with Crippen LogP contribution < -0.4 is 14.5 Å². The van der Waals surface area contributed by atoms with Crippen molar-refractivity contribution >= 4 is 17.6 Å². The van der Waals surface area contributed by atoms with Gasteiger partial charge in [-0.25, -0.2) is 9.78 Å². The molecular weight excluding hydrogens is 404 g/mol. The highest BCUT2D eigenvalue weighted by atomic mass is 16.6. The maximum absolute atomic E-state index is 13.0. The predicted molar refractivity (Wildman–Crippen MR) is 123 cm³/mol. The summed E-state index contributed by atoms with van der Waals surface area (Å²) >= 11 is 0. The van der Waals surface area contributed by atoms with Crippen LogP contribution in [0.2, 0.25) is 0 Å². The number of nitrogens with zero attached hydrogens (tertiary/aromatic N) is 4. The Morgan fingerprint density at radius 2 is 1.75 bits per heavy atom. The number of hydrogen-bond acceptors (Lipinski definition) is 7. The van der Waals surface area contributed by atoms with Crippen molar-refractivity contribution in [3.63, 3.8) is 0 Å². The van der Waals surface area contributed by atoms with E-state index in [1.165, 1.54) is 0 Å². The molecule has 0 bridgehead atoms. The minimum Gasteiger partial charge on any atom is -0.440 e. The Bertz CT molecular complexity index is 1240. The largest absolute Gasteiger partial charge is 0.440 e. The molecule has 1 unspecified atom stereocenters. The molecule has 3 aromatic rings. The van der Waals surface area contributed by atoms with Crippen LogP contribution in [0, 0.1) is 6.92 Å². The van der Waals surface area contributed by atoms with Gasteiger partial charge in [-0.2, -0.15) is 4.98 Å². The van der Waals surface area contributed by atoms with Gasteiger partial charge >= 0.3 is 5.97 Å². The molecule has 0 N–H and O–H groups in total. The van der Waals surface area contributed by atoms with Gasteiger partial charge in [0.1, 0.15) is 5.75 Å². The minimum absolute atomic E-state index is 0.358. The molecule has 164 valence electrons. The van der Waals surface area contributed by atoms with Gasteiger partial charge in [-0.3, -0.25) is 0 Å². The Labute approximate surface area is 187 Å². The van der Waals surface area contributed by atoms with Crippen LogP contribution in [0.25, 0.3) is 0 Å². The summed E-state index contributed by atoms with van der Waals surface area (Å²) in [4.78, 5) is 26.7. The number of hydrogen-bond donors (Lipinski definition) is 0. The number of esters is 1. The monoisotopic (exact) mass is 430 g/mol. The Hall–Kier alpha value is -3.61. The fourth-order valence-electron chi connectivity index (χ4n) is 4.67. The average Bonchev–Trinajstić information content (AvgIpc) is 3.07. The standard InChI is InChI=1S/C25H26N4O3/c1-6-29(7-2)24-26-15(3)21-22(27-24)31-20-14-16(28(4)5)12-13-19(20)25(21)18-11-9-8-10-17(18)23(30)32-25/h8-14H,6-7H2,1-5H3. The van der Waals surface area contributed by atoms with Crippen molar-refractivity contribution in [3.05, 3.63) is 70.4 Å². The van der Waals surface area contributed by atoms with Gasteiger partial charge in [0, 0.05) is 50.1 Å². The number of carbonyl (C=O) groups excluding carboxylic acids is 1. The van der Waals surface area contributed by atoms with Crippen LogP contribution in [0.5, 0.6) is 11.6 Å². The molecule has 0 fully saturated rings. The molecule has 2 aliphatic rings. The van der Waals surface area contributed by atoms with Gasteiger partial charge in [-0.05, 0) is 39.0 Å². The molecule has 1 spiro atoms. The quantitative estimate of drug-likeness (QED) is 0.573. The molecule has 2 aromatic carbocycles. The zero-order valence-electron chi connectivity index (χ0n) is 19.0. The van der Waals surface area contributed by atoms with Crippen LogP contribution in [0.15, 0.2) is 42.5 Å². The molecular formula is C25H26N4O3. The van der Waals surface area contributed by atoms with Crippen molar-refractivity contribution in [1.29, 1.82) is 0 Å². The second-order valence-corrected chi connectivity index (χ2v) is 8.25. The van der Waals surface area contributed by atoms with Gasteiger partial charge in [-0.1, -0.05) is 18.2 Å². The van der Waals surface area contributed by atoms with Gasteiger partial charge < -0.3 is 19.3 Å². The van der Waals surface area contributed by atoms with Crippen LogP contribution in [-0.2, 0) is 10.3 Å². The van der Waals surface area contributed by atoms with E-state index in [1.807, 2.05) is 62.3 Å². The molecule has 2 aliphatic heterocycles. The van der Waals surface area contributed by atoms with E-state index < -0.39 is 5.60 Å². The lowest BCUT2D eigenvalue weighted by Crippen LogP contribution is -2.35. The number of aromatic nitrogens is 2. The van der Waals surface area contributed by atoms with E-state index in [-0.39, 0.29) is 5.97 Å². The number of fused-ring (bicyclic) bond motifs is 6. The van der Waals surface area contributed by atoms with Crippen LogP contribution in [-0.4, -0.2) is 43.1 Å². The molecule has 32 heavy (non-hydrogen) atoms. The third-order valence-corrected chi connectivity index (χ3v) is 6.28. The van der Waals surface area contributed by atoms with E-state index >= 15 is 0 Å². The van der Waals surface area contributed by atoms with E-state index in [0.717, 1.165) is 35.6 Å². The lowest BCUT2D eigenvalue weighted by atomic mass is 9.78. The highest BCUT2D eigenvalue weighted by molar-refractivity contribution is 5.97. The highest BCUT2D eigenvalue weighted by Crippen LogP contribution is 2.56. The smallest absolute Gasteiger partial charge is 0.340 e. The SMILES string of the molecule is CCN(CC)c1nc(C)c2c(n1)Oc1cc(N(C)C)ccc1C21OC(=O)c2ccccc21. The maximum atomic E-state index is 13.0. The Kier molecular flexibility index (Phi) is 4.58. The van der Waals surface area contributed by atoms with Gasteiger partial charge in [0.05, 0.1) is 16.8 Å². The molecule has 0 amide bonds. The third kappa shape index (κ3) is 2.70. The second kappa shape index (κ2) is 7.22. The predicted octanol–water partition coefficient (Wildman–Crippen LogP) is 4.27. The lowest BCUT2D eigenvalue weighted by molar-refractivity contribution is 0.0218. The normalized spacial score (nSPS) is 17.8. The maximum Gasteiger partial charge on any atom is 0.340 e. The van der Waals surface area contributed by atoms with Crippen LogP contribution >= 0.6 is 0 Å². The Morgan fingerprint density at radius 3 is 2.47 bits per heavy atom. The number of benzene rings is 2. The molecule has 3 heterocycles. The minimum atomic E-state index is -1.15. The summed E-state index contributed by atoms with van der Waals surface area (Å²) in [6.07, 6.45) is 0. The number of aryl methyl sites for hydroxylation is 1. The van der Waals surface area contributed by atoms with Crippen molar-refractivity contribution < 1.29 is 14.3 Å². The molecule has 7 heteroatoms. The summed E-state index contributed by atoms with van der Waals surface area (Å²) in [5.41, 5.74) is 3.35. The van der Waals surface area contributed by atoms with Crippen molar-refractivity contribution in [1.82, 2.24) is 9.97 Å². The summed E-state index contributed by atoms with van der Waals surface area (Å²) in [7, 11) is 3.95. The molecule has 0 aliphatic carbocycles. The first-order chi connectivity index (χ1) is 15.4. The van der Waals surface area contributed by atoms with Gasteiger partial charge in [0.25, 0.3) is 0 Å². The summed E-state index contributed by atoms with van der Waals surface area (Å²) in [5.74, 6) is 1.29. The highest BCUT2D eigenvalue weighted by Gasteiger charge is 2.55. The summed E-state index contributed by atoms with van der Waals surface area (Å²) in [6, 6.07) is 13.5. The molecule has 0 radical (unpaired) electrons. The third-order valence-electron chi connectivity index (χ3n) is 6.28. The van der Waals surface area contributed by atoms with E-state index in [1.54, 1.807) is 6.07 Å². The second-order valence-electron chi connectivity index (χ2n) is 8.25. The van der Waals surface area contributed by atoms with Crippen molar-refractivity contribution in [2.75, 3.05) is 37.0 Å². The molecule has 1 atom stereocenters. The van der Waals surface area contributed by atoms with Gasteiger partial charge in [-0.15, -0.1) is 0 Å². The number of ether oxygens (including phenoxy) is 2. The van der Waals surface area contributed by atoms with Crippen LogP contribution in [0.3, 0.4) is 0 Å². The molecule has 1 aromatic heterocycles. The summed E-state index contributed by atoms with van der Waals surface area (Å²) < 4.78 is 12.6. The first-order valence-corrected chi connectivity index (χ1v) is 10.9.